The monoisotopic (exact) mass is 461 g/mol. The van der Waals surface area contributed by atoms with Gasteiger partial charge in [0.15, 0.2) is 5.76 Å². The van der Waals surface area contributed by atoms with Gasteiger partial charge in [-0.2, -0.15) is 0 Å². The highest BCUT2D eigenvalue weighted by Gasteiger charge is 2.17. The summed E-state index contributed by atoms with van der Waals surface area (Å²) in [6, 6.07) is 13.4. The van der Waals surface area contributed by atoms with E-state index in [1.54, 1.807) is 55.6 Å². The van der Waals surface area contributed by atoms with Crippen molar-refractivity contribution in [2.45, 2.75) is 0 Å². The number of nitrogens with one attached hydrogen (secondary N) is 2. The van der Waals surface area contributed by atoms with Gasteiger partial charge in [0.2, 0.25) is 5.91 Å². The topological polar surface area (TPSA) is 91.7 Å². The lowest BCUT2D eigenvalue weighted by atomic mass is 10.2. The molecule has 0 bridgehead atoms. The molecule has 7 nitrogen and oxygen atoms in total. The first-order valence-electron chi connectivity index (χ1n) is 8.18. The van der Waals surface area contributed by atoms with Crippen molar-refractivity contribution in [1.29, 1.82) is 0 Å². The maximum Gasteiger partial charge on any atom is 0.291 e. The molecule has 0 unspecified atom stereocenters. The minimum absolute atomic E-state index is 0.0999. The number of anilines is 2. The molecule has 1 aromatic carbocycles. The third kappa shape index (κ3) is 5.08. The van der Waals surface area contributed by atoms with E-state index in [0.717, 1.165) is 3.79 Å². The Balaban J connectivity index is 1.58. The Bertz CT molecular complexity index is 1000. The van der Waals surface area contributed by atoms with Crippen molar-refractivity contribution in [2.24, 2.45) is 0 Å². The maximum atomic E-state index is 12.3. The normalized spacial score (nSPS) is 10.4. The average molecular weight is 462 g/mol. The van der Waals surface area contributed by atoms with E-state index < -0.39 is 0 Å². The fraction of sp³-hybridized carbons (Fsp3) is 0.105. The molecule has 0 aliphatic carbocycles. The van der Waals surface area contributed by atoms with E-state index in [-0.39, 0.29) is 30.0 Å². The van der Waals surface area contributed by atoms with E-state index in [9.17, 15) is 14.4 Å². The fourth-order valence-corrected chi connectivity index (χ4v) is 3.76. The number of furan rings is 1. The Morgan fingerprint density at radius 2 is 1.82 bits per heavy atom. The van der Waals surface area contributed by atoms with Gasteiger partial charge < -0.3 is 20.0 Å². The van der Waals surface area contributed by atoms with E-state index in [0.29, 0.717) is 16.3 Å². The quantitative estimate of drug-likeness (QED) is 0.578. The minimum atomic E-state index is -0.388. The highest BCUT2D eigenvalue weighted by Crippen LogP contribution is 2.23. The zero-order valence-electron chi connectivity index (χ0n) is 14.8. The number of benzene rings is 1. The number of likely N-dealkylation sites (N-methyl/N-ethyl adjacent to an activating group) is 1. The second kappa shape index (κ2) is 8.85. The van der Waals surface area contributed by atoms with Crippen molar-refractivity contribution < 1.29 is 18.8 Å². The van der Waals surface area contributed by atoms with Crippen molar-refractivity contribution in [1.82, 2.24) is 4.90 Å². The van der Waals surface area contributed by atoms with Gasteiger partial charge in [-0.05, 0) is 58.4 Å². The van der Waals surface area contributed by atoms with Crippen molar-refractivity contribution >= 4 is 56.4 Å². The number of hydrogen-bond donors (Lipinski definition) is 2. The molecule has 0 fully saturated rings. The van der Waals surface area contributed by atoms with Gasteiger partial charge in [0, 0.05) is 18.4 Å². The first-order valence-corrected chi connectivity index (χ1v) is 9.79. The van der Waals surface area contributed by atoms with Crippen molar-refractivity contribution in [3.8, 4) is 0 Å². The van der Waals surface area contributed by atoms with Gasteiger partial charge in [-0.3, -0.25) is 14.4 Å². The van der Waals surface area contributed by atoms with E-state index in [2.05, 4.69) is 26.6 Å². The van der Waals surface area contributed by atoms with Crippen LogP contribution in [0.1, 0.15) is 20.2 Å². The molecular weight excluding hydrogens is 446 g/mol. The molecule has 0 spiro atoms. The number of halogens is 1. The third-order valence-electron chi connectivity index (χ3n) is 3.66. The number of carbonyl (C=O) groups excluding carboxylic acids is 3. The standard InChI is InChI=1S/C19H16BrN3O4S/c1-23(19(26)15-7-8-16(20)28-15)11-17(24)21-12-4-2-5-13(10-12)22-18(25)14-6-3-9-27-14/h2-10H,11H2,1H3,(H,21,24)(H,22,25). The second-order valence-corrected chi connectivity index (χ2v) is 8.29. The Kier molecular flexibility index (Phi) is 6.27. The molecule has 3 rings (SSSR count). The maximum absolute atomic E-state index is 12.3. The number of amides is 3. The molecule has 0 aliphatic rings. The first kappa shape index (κ1) is 19.8. The molecule has 2 N–H and O–H groups in total. The molecule has 2 aromatic heterocycles. The summed E-state index contributed by atoms with van der Waals surface area (Å²) in [7, 11) is 1.57. The van der Waals surface area contributed by atoms with Gasteiger partial charge in [0.1, 0.15) is 0 Å². The summed E-state index contributed by atoms with van der Waals surface area (Å²) < 4.78 is 5.89. The lowest BCUT2D eigenvalue weighted by molar-refractivity contribution is -0.116. The summed E-state index contributed by atoms with van der Waals surface area (Å²) in [5.41, 5.74) is 1.01. The lowest BCUT2D eigenvalue weighted by Gasteiger charge is -2.16. The van der Waals surface area contributed by atoms with Crippen LogP contribution >= 0.6 is 27.3 Å². The van der Waals surface area contributed by atoms with Crippen LogP contribution in [0.25, 0.3) is 0 Å². The van der Waals surface area contributed by atoms with Gasteiger partial charge in [-0.15, -0.1) is 11.3 Å². The minimum Gasteiger partial charge on any atom is -0.459 e. The predicted molar refractivity (Wildman–Crippen MR) is 111 cm³/mol. The average Bonchev–Trinajstić information content (AvgIpc) is 3.33. The molecule has 9 heteroatoms. The predicted octanol–water partition coefficient (Wildman–Crippen LogP) is 4.07. The van der Waals surface area contributed by atoms with Crippen LogP contribution in [0.5, 0.6) is 0 Å². The van der Waals surface area contributed by atoms with Crippen LogP contribution in [0.3, 0.4) is 0 Å². The Morgan fingerprint density at radius 1 is 1.07 bits per heavy atom. The van der Waals surface area contributed by atoms with E-state index in [1.807, 2.05) is 0 Å². The van der Waals surface area contributed by atoms with Crippen molar-refractivity contribution in [2.75, 3.05) is 24.2 Å². The lowest BCUT2D eigenvalue weighted by Crippen LogP contribution is -2.34. The molecule has 2 heterocycles. The number of rotatable bonds is 6. The van der Waals surface area contributed by atoms with Gasteiger partial charge in [-0.25, -0.2) is 0 Å². The molecule has 0 saturated heterocycles. The molecule has 3 aromatic rings. The summed E-state index contributed by atoms with van der Waals surface area (Å²) in [4.78, 5) is 38.5. The summed E-state index contributed by atoms with van der Waals surface area (Å²) in [5.74, 6) is -0.776. The van der Waals surface area contributed by atoms with Crippen LogP contribution in [0.15, 0.2) is 63.0 Å². The molecular formula is C19H16BrN3O4S. The molecule has 3 amide bonds. The largest absolute Gasteiger partial charge is 0.459 e. The Hall–Kier alpha value is -2.91. The van der Waals surface area contributed by atoms with Gasteiger partial charge in [0.05, 0.1) is 21.5 Å². The van der Waals surface area contributed by atoms with Crippen LogP contribution < -0.4 is 10.6 Å². The summed E-state index contributed by atoms with van der Waals surface area (Å²) >= 11 is 4.62. The number of hydrogen-bond acceptors (Lipinski definition) is 5. The summed E-state index contributed by atoms with van der Waals surface area (Å²) in [6.45, 7) is -0.0999. The first-order chi connectivity index (χ1) is 13.4. The molecule has 0 aliphatic heterocycles. The molecule has 0 saturated carbocycles. The van der Waals surface area contributed by atoms with Crippen LogP contribution in [-0.2, 0) is 4.79 Å². The SMILES string of the molecule is CN(CC(=O)Nc1cccc(NC(=O)c2ccco2)c1)C(=O)c1ccc(Br)s1. The molecule has 144 valence electrons. The van der Waals surface area contributed by atoms with Crippen LogP contribution in [0, 0.1) is 0 Å². The highest BCUT2D eigenvalue weighted by molar-refractivity contribution is 9.11. The Morgan fingerprint density at radius 3 is 2.46 bits per heavy atom. The molecule has 28 heavy (non-hydrogen) atoms. The van der Waals surface area contributed by atoms with Gasteiger partial charge in [0.25, 0.3) is 11.8 Å². The smallest absolute Gasteiger partial charge is 0.291 e. The van der Waals surface area contributed by atoms with Gasteiger partial charge in [-0.1, -0.05) is 6.07 Å². The molecule has 0 atom stereocenters. The number of nitrogens with zero attached hydrogens (tertiary/aromatic N) is 1. The summed E-state index contributed by atoms with van der Waals surface area (Å²) in [5, 5.41) is 5.41. The van der Waals surface area contributed by atoms with Crippen molar-refractivity contribution in [3.05, 3.63) is 69.2 Å². The summed E-state index contributed by atoms with van der Waals surface area (Å²) in [6.07, 6.45) is 1.41. The number of thiophene rings is 1. The number of carbonyl (C=O) groups is 3. The fourth-order valence-electron chi connectivity index (χ4n) is 2.38. The van der Waals surface area contributed by atoms with Crippen molar-refractivity contribution in [3.63, 3.8) is 0 Å². The van der Waals surface area contributed by atoms with E-state index in [4.69, 9.17) is 4.42 Å². The third-order valence-corrected chi connectivity index (χ3v) is 5.27. The molecule has 0 radical (unpaired) electrons. The zero-order chi connectivity index (χ0) is 20.1. The van der Waals surface area contributed by atoms with Crippen LogP contribution in [-0.4, -0.2) is 36.2 Å². The van der Waals surface area contributed by atoms with Gasteiger partial charge >= 0.3 is 0 Å². The van der Waals surface area contributed by atoms with Crippen LogP contribution in [0.4, 0.5) is 11.4 Å². The van der Waals surface area contributed by atoms with E-state index >= 15 is 0 Å². The zero-order valence-corrected chi connectivity index (χ0v) is 17.2. The highest BCUT2D eigenvalue weighted by atomic mass is 79.9. The van der Waals surface area contributed by atoms with E-state index in [1.165, 1.54) is 22.5 Å². The van der Waals surface area contributed by atoms with Crippen LogP contribution in [0.2, 0.25) is 0 Å². The Labute approximate surface area is 173 Å². The second-order valence-electron chi connectivity index (χ2n) is 5.83.